The number of amides is 2. The lowest BCUT2D eigenvalue weighted by atomic mass is 9.76. The van der Waals surface area contributed by atoms with E-state index in [9.17, 15) is 9.59 Å². The molecule has 4 rings (SSSR count). The maximum absolute atomic E-state index is 13.1. The highest BCUT2D eigenvalue weighted by atomic mass is 16.5. The van der Waals surface area contributed by atoms with Gasteiger partial charge in [-0.2, -0.15) is 4.98 Å². The van der Waals surface area contributed by atoms with Gasteiger partial charge in [0.15, 0.2) is 5.82 Å². The van der Waals surface area contributed by atoms with Crippen molar-refractivity contribution in [1.82, 2.24) is 19.9 Å². The maximum atomic E-state index is 13.1. The topological polar surface area (TPSA) is 98.0 Å². The molecule has 9 heteroatoms. The summed E-state index contributed by atoms with van der Waals surface area (Å²) in [4.78, 5) is 33.6. The average Bonchev–Trinajstić information content (AvgIpc) is 3.39. The van der Waals surface area contributed by atoms with E-state index in [1.54, 1.807) is 30.9 Å². The third kappa shape index (κ3) is 2.94. The molecule has 3 aliphatic rings. The first-order chi connectivity index (χ1) is 12.9. The highest BCUT2D eigenvalue weighted by molar-refractivity contribution is 5.93. The van der Waals surface area contributed by atoms with Gasteiger partial charge in [0.25, 0.3) is 0 Å². The van der Waals surface area contributed by atoms with Crippen LogP contribution in [0.5, 0.6) is 0 Å². The van der Waals surface area contributed by atoms with E-state index in [-0.39, 0.29) is 17.9 Å². The Bertz CT molecular complexity index is 778. The number of rotatable bonds is 7. The molecule has 2 bridgehead atoms. The molecule has 0 N–H and O–H groups in total. The molecule has 9 nitrogen and oxygen atoms in total. The van der Waals surface area contributed by atoms with E-state index in [2.05, 4.69) is 10.1 Å². The molecule has 2 saturated heterocycles. The van der Waals surface area contributed by atoms with E-state index in [1.165, 1.54) is 0 Å². The summed E-state index contributed by atoms with van der Waals surface area (Å²) in [6.07, 6.45) is 4.03. The van der Waals surface area contributed by atoms with Crippen LogP contribution in [0.3, 0.4) is 0 Å². The SMILES string of the molecule is COCCN1C[C@@]23C=C[C@@H](O2)C(C(=O)N(C)CCc2noc(C)n2)C3C1=O. The van der Waals surface area contributed by atoms with Crippen LogP contribution in [0.2, 0.25) is 0 Å². The van der Waals surface area contributed by atoms with Crippen LogP contribution in [0.1, 0.15) is 11.7 Å². The van der Waals surface area contributed by atoms with Crippen molar-refractivity contribution in [2.24, 2.45) is 11.8 Å². The van der Waals surface area contributed by atoms with Crippen LogP contribution < -0.4 is 0 Å². The summed E-state index contributed by atoms with van der Waals surface area (Å²) in [7, 11) is 3.34. The van der Waals surface area contributed by atoms with Gasteiger partial charge in [-0.3, -0.25) is 9.59 Å². The molecule has 0 aliphatic carbocycles. The molecule has 3 aliphatic heterocycles. The second kappa shape index (κ2) is 6.72. The predicted molar refractivity (Wildman–Crippen MR) is 92.6 cm³/mol. The van der Waals surface area contributed by atoms with E-state index in [0.717, 1.165) is 0 Å². The molecular weight excluding hydrogens is 352 g/mol. The van der Waals surface area contributed by atoms with Gasteiger partial charge in [-0.15, -0.1) is 0 Å². The van der Waals surface area contributed by atoms with Crippen molar-refractivity contribution >= 4 is 11.8 Å². The average molecular weight is 376 g/mol. The Morgan fingerprint density at radius 1 is 1.52 bits per heavy atom. The Kier molecular flexibility index (Phi) is 4.51. The number of ether oxygens (including phenoxy) is 2. The highest BCUT2D eigenvalue weighted by Gasteiger charge is 2.66. The summed E-state index contributed by atoms with van der Waals surface area (Å²) < 4.78 is 16.2. The second-order valence-corrected chi connectivity index (χ2v) is 7.39. The number of fused-ring (bicyclic) bond motifs is 1. The van der Waals surface area contributed by atoms with Gasteiger partial charge in [0, 0.05) is 40.6 Å². The number of likely N-dealkylation sites (tertiary alicyclic amines) is 1. The first kappa shape index (κ1) is 18.1. The van der Waals surface area contributed by atoms with Crippen molar-refractivity contribution in [1.29, 1.82) is 0 Å². The summed E-state index contributed by atoms with van der Waals surface area (Å²) in [5.41, 5.74) is -0.679. The van der Waals surface area contributed by atoms with Crippen molar-refractivity contribution < 1.29 is 23.6 Å². The number of hydrogen-bond donors (Lipinski definition) is 0. The third-order valence-electron chi connectivity index (χ3n) is 5.65. The van der Waals surface area contributed by atoms with Gasteiger partial charge in [0.1, 0.15) is 5.60 Å². The first-order valence-corrected chi connectivity index (χ1v) is 9.14. The summed E-state index contributed by atoms with van der Waals surface area (Å²) in [6, 6.07) is 0. The highest BCUT2D eigenvalue weighted by Crippen LogP contribution is 2.52. The van der Waals surface area contributed by atoms with Gasteiger partial charge >= 0.3 is 0 Å². The Morgan fingerprint density at radius 2 is 2.33 bits per heavy atom. The van der Waals surface area contributed by atoms with Crippen LogP contribution in [0.15, 0.2) is 16.7 Å². The Morgan fingerprint density at radius 3 is 3.04 bits per heavy atom. The minimum Gasteiger partial charge on any atom is -0.383 e. The summed E-state index contributed by atoms with van der Waals surface area (Å²) in [6.45, 7) is 3.62. The lowest BCUT2D eigenvalue weighted by Gasteiger charge is -2.27. The molecule has 146 valence electrons. The van der Waals surface area contributed by atoms with E-state index in [4.69, 9.17) is 14.0 Å². The molecule has 27 heavy (non-hydrogen) atoms. The van der Waals surface area contributed by atoms with Crippen LogP contribution in [0.4, 0.5) is 0 Å². The molecule has 0 aromatic carbocycles. The monoisotopic (exact) mass is 376 g/mol. The van der Waals surface area contributed by atoms with E-state index >= 15 is 0 Å². The normalized spacial score (nSPS) is 31.0. The Labute approximate surface area is 157 Å². The van der Waals surface area contributed by atoms with Gasteiger partial charge in [-0.05, 0) is 0 Å². The fourth-order valence-electron chi connectivity index (χ4n) is 4.33. The van der Waals surface area contributed by atoms with Gasteiger partial charge in [0.05, 0.1) is 31.1 Å². The fraction of sp³-hybridized carbons (Fsp3) is 0.667. The zero-order valence-electron chi connectivity index (χ0n) is 15.8. The van der Waals surface area contributed by atoms with E-state index in [1.807, 2.05) is 12.2 Å². The summed E-state index contributed by atoms with van der Waals surface area (Å²) >= 11 is 0. The van der Waals surface area contributed by atoms with Crippen LogP contribution >= 0.6 is 0 Å². The predicted octanol–water partition coefficient (Wildman–Crippen LogP) is -0.193. The summed E-state index contributed by atoms with van der Waals surface area (Å²) in [5.74, 6) is -0.00717. The Hall–Kier alpha value is -2.26. The molecule has 4 atom stereocenters. The van der Waals surface area contributed by atoms with Crippen LogP contribution in [0, 0.1) is 18.8 Å². The van der Waals surface area contributed by atoms with Gasteiger partial charge < -0.3 is 23.8 Å². The molecular formula is C18H24N4O5. The van der Waals surface area contributed by atoms with Gasteiger partial charge in [-0.1, -0.05) is 17.3 Å². The van der Waals surface area contributed by atoms with Crippen molar-refractivity contribution in [3.05, 3.63) is 23.9 Å². The Balaban J connectivity index is 1.46. The van der Waals surface area contributed by atoms with Crippen molar-refractivity contribution in [2.75, 3.05) is 40.4 Å². The molecule has 0 radical (unpaired) electrons. The number of aryl methyl sites for hydroxylation is 1. The van der Waals surface area contributed by atoms with Crippen LogP contribution in [0.25, 0.3) is 0 Å². The molecule has 2 amide bonds. The smallest absolute Gasteiger partial charge is 0.230 e. The number of methoxy groups -OCH3 is 1. The standard InChI is InChI=1S/C18H24N4O5/c1-11-19-13(20-27-11)5-7-21(2)16(23)14-12-4-6-18(26-12)10-22(8-9-25-3)17(24)15(14)18/h4,6,12,14-15H,5,7-10H2,1-3H3/t12-,14?,15?,18-/m1/s1. The van der Waals surface area contributed by atoms with Crippen LogP contribution in [-0.4, -0.2) is 83.9 Å². The van der Waals surface area contributed by atoms with E-state index in [0.29, 0.717) is 44.4 Å². The largest absolute Gasteiger partial charge is 0.383 e. The third-order valence-corrected chi connectivity index (χ3v) is 5.65. The van der Waals surface area contributed by atoms with E-state index < -0.39 is 17.4 Å². The zero-order valence-corrected chi connectivity index (χ0v) is 15.8. The molecule has 2 unspecified atom stereocenters. The summed E-state index contributed by atoms with van der Waals surface area (Å²) in [5, 5.41) is 3.85. The first-order valence-electron chi connectivity index (χ1n) is 9.14. The minimum absolute atomic E-state index is 0.0283. The lowest BCUT2D eigenvalue weighted by molar-refractivity contribution is -0.142. The quantitative estimate of drug-likeness (QED) is 0.608. The van der Waals surface area contributed by atoms with Gasteiger partial charge in [-0.25, -0.2) is 0 Å². The molecule has 1 aromatic rings. The number of nitrogens with zero attached hydrogens (tertiary/aromatic N) is 4. The maximum Gasteiger partial charge on any atom is 0.230 e. The number of hydrogen-bond acceptors (Lipinski definition) is 7. The number of likely N-dealkylation sites (N-methyl/N-ethyl adjacent to an activating group) is 1. The van der Waals surface area contributed by atoms with Crippen molar-refractivity contribution in [3.8, 4) is 0 Å². The minimum atomic E-state index is -0.679. The molecule has 2 fully saturated rings. The molecule has 1 spiro atoms. The van der Waals surface area contributed by atoms with Crippen molar-refractivity contribution in [3.63, 3.8) is 0 Å². The second-order valence-electron chi connectivity index (χ2n) is 7.39. The van der Waals surface area contributed by atoms with Crippen molar-refractivity contribution in [2.45, 2.75) is 25.0 Å². The van der Waals surface area contributed by atoms with Gasteiger partial charge in [0.2, 0.25) is 17.7 Å². The molecule has 4 heterocycles. The number of carbonyl (C=O) groups excluding carboxylic acids is 2. The molecule has 0 saturated carbocycles. The van der Waals surface area contributed by atoms with Crippen LogP contribution in [-0.2, 0) is 25.5 Å². The lowest BCUT2D eigenvalue weighted by Crippen LogP contribution is -2.45. The molecule has 1 aromatic heterocycles. The number of aromatic nitrogens is 2. The zero-order chi connectivity index (χ0) is 19.2. The fourth-order valence-corrected chi connectivity index (χ4v) is 4.33. The number of carbonyl (C=O) groups is 2.